The average Bonchev–Trinajstić information content (AvgIpc) is 3.37. The molecule has 4 rings (SSSR count). The van der Waals surface area contributed by atoms with Crippen LogP contribution in [0.25, 0.3) is 21.5 Å². The van der Waals surface area contributed by atoms with Gasteiger partial charge in [0, 0.05) is 5.02 Å². The van der Waals surface area contributed by atoms with E-state index in [4.69, 9.17) is 11.6 Å². The lowest BCUT2D eigenvalue weighted by atomic mass is 10.2. The van der Waals surface area contributed by atoms with Crippen LogP contribution in [0.5, 0.6) is 0 Å². The van der Waals surface area contributed by atoms with Crippen molar-refractivity contribution in [2.75, 3.05) is 0 Å². The minimum Gasteiger partial charge on any atom is -0.510 e. The van der Waals surface area contributed by atoms with Crippen molar-refractivity contribution in [2.24, 2.45) is 0 Å². The third kappa shape index (κ3) is 3.92. The van der Waals surface area contributed by atoms with Crippen LogP contribution < -0.4 is 0 Å². The van der Waals surface area contributed by atoms with Gasteiger partial charge in [-0.05, 0) is 43.7 Å². The predicted octanol–water partition coefficient (Wildman–Crippen LogP) is 5.81. The Kier molecular flexibility index (Phi) is 5.77. The van der Waals surface area contributed by atoms with E-state index in [0.29, 0.717) is 15.2 Å². The minimum absolute atomic E-state index is 0.0435. The number of rotatable bonds is 5. The Hall–Kier alpha value is -2.86. The van der Waals surface area contributed by atoms with Gasteiger partial charge in [-0.25, -0.2) is 4.98 Å². The summed E-state index contributed by atoms with van der Waals surface area (Å²) in [6.07, 6.45) is 1.59. The number of nitriles is 1. The van der Waals surface area contributed by atoms with Crippen molar-refractivity contribution in [3.63, 3.8) is 0 Å². The molecular formula is C21H16ClN5OS2. The quantitative estimate of drug-likeness (QED) is 0.233. The molecule has 150 valence electrons. The van der Waals surface area contributed by atoms with Crippen molar-refractivity contribution in [3.8, 4) is 11.8 Å². The highest BCUT2D eigenvalue weighted by Gasteiger charge is 2.21. The lowest BCUT2D eigenvalue weighted by Crippen LogP contribution is -2.06. The van der Waals surface area contributed by atoms with Crippen LogP contribution in [0, 0.1) is 18.3 Å². The number of halogens is 1. The number of hydrogen-bond acceptors (Lipinski definition) is 7. The first-order valence-corrected chi connectivity index (χ1v) is 11.1. The van der Waals surface area contributed by atoms with Gasteiger partial charge in [-0.3, -0.25) is 4.57 Å². The van der Waals surface area contributed by atoms with E-state index in [-0.39, 0.29) is 11.3 Å². The van der Waals surface area contributed by atoms with E-state index in [1.165, 1.54) is 23.1 Å². The van der Waals surface area contributed by atoms with E-state index >= 15 is 0 Å². The van der Waals surface area contributed by atoms with E-state index in [0.717, 1.165) is 21.5 Å². The molecule has 0 radical (unpaired) electrons. The number of benzene rings is 2. The zero-order valence-corrected chi connectivity index (χ0v) is 18.5. The fraction of sp³-hybridized carbons (Fsp3) is 0.143. The number of allylic oxidation sites excluding steroid dienone is 1. The smallest absolute Gasteiger partial charge is 0.196 e. The van der Waals surface area contributed by atoms with Gasteiger partial charge in [-0.2, -0.15) is 5.26 Å². The van der Waals surface area contributed by atoms with Crippen molar-refractivity contribution in [3.05, 3.63) is 70.1 Å². The molecule has 1 N–H and O–H groups in total. The van der Waals surface area contributed by atoms with Crippen molar-refractivity contribution < 1.29 is 5.11 Å². The van der Waals surface area contributed by atoms with Crippen LogP contribution in [0.2, 0.25) is 5.02 Å². The Morgan fingerprint density at radius 1 is 1.30 bits per heavy atom. The molecule has 0 bridgehead atoms. The number of nitrogens with zero attached hydrogens (tertiary/aromatic N) is 5. The first-order chi connectivity index (χ1) is 14.5. The molecule has 0 saturated heterocycles. The average molecular weight is 454 g/mol. The second-order valence-corrected chi connectivity index (χ2v) is 9.28. The molecule has 9 heteroatoms. The summed E-state index contributed by atoms with van der Waals surface area (Å²) in [5.74, 6) is -0.0435. The topological polar surface area (TPSA) is 87.6 Å². The number of thiazole rings is 1. The molecule has 30 heavy (non-hydrogen) atoms. The lowest BCUT2D eigenvalue weighted by molar-refractivity contribution is 0.402. The van der Waals surface area contributed by atoms with Gasteiger partial charge in [0.15, 0.2) is 5.16 Å². The van der Waals surface area contributed by atoms with E-state index in [2.05, 4.69) is 21.3 Å². The van der Waals surface area contributed by atoms with Gasteiger partial charge in [0.25, 0.3) is 0 Å². The lowest BCUT2D eigenvalue weighted by Gasteiger charge is -2.13. The Bertz CT molecular complexity index is 1270. The van der Waals surface area contributed by atoms with Crippen LogP contribution in [0.3, 0.4) is 0 Å². The zero-order valence-electron chi connectivity index (χ0n) is 16.1. The predicted molar refractivity (Wildman–Crippen MR) is 121 cm³/mol. The number of thioether (sulfide) groups is 1. The van der Waals surface area contributed by atoms with Gasteiger partial charge in [0.05, 0.1) is 21.2 Å². The van der Waals surface area contributed by atoms with Crippen molar-refractivity contribution >= 4 is 50.5 Å². The van der Waals surface area contributed by atoms with Crippen LogP contribution in [-0.4, -0.2) is 30.1 Å². The highest BCUT2D eigenvalue weighted by molar-refractivity contribution is 7.99. The molecule has 4 aromatic rings. The summed E-state index contributed by atoms with van der Waals surface area (Å²) in [7, 11) is 0. The first kappa shape index (κ1) is 20.4. The summed E-state index contributed by atoms with van der Waals surface area (Å²) in [5, 5.41) is 29.9. The largest absolute Gasteiger partial charge is 0.510 e. The molecule has 1 unspecified atom stereocenters. The van der Waals surface area contributed by atoms with Gasteiger partial charge in [0.2, 0.25) is 0 Å². The molecule has 6 nitrogen and oxygen atoms in total. The molecule has 2 aromatic heterocycles. The molecular weight excluding hydrogens is 438 g/mol. The molecule has 0 aliphatic carbocycles. The molecule has 2 heterocycles. The maximum absolute atomic E-state index is 10.8. The van der Waals surface area contributed by atoms with Crippen molar-refractivity contribution in [2.45, 2.75) is 24.3 Å². The fourth-order valence-corrected chi connectivity index (χ4v) is 4.87. The van der Waals surface area contributed by atoms with E-state index in [1.54, 1.807) is 10.9 Å². The summed E-state index contributed by atoms with van der Waals surface area (Å²) in [4.78, 5) is 4.49. The van der Waals surface area contributed by atoms with Gasteiger partial charge in [-0.15, -0.1) is 21.5 Å². The Balaban J connectivity index is 1.65. The molecule has 1 atom stereocenters. The summed E-state index contributed by atoms with van der Waals surface area (Å²) in [6, 6.07) is 15.4. The maximum Gasteiger partial charge on any atom is 0.196 e. The standard InChI is InChI=1S/C21H16ClN5OS2/c1-12-7-8-14(9-16(12)22)27-11-24-26-21(27)29-13(2)19(28)15(10-23)20-25-17-5-3-4-6-18(17)30-20/h3-9,11,13,28H,1-2H3/b19-15-. The third-order valence-corrected chi connectivity index (χ3v) is 7.02. The van der Waals surface area contributed by atoms with Gasteiger partial charge >= 0.3 is 0 Å². The molecule has 0 saturated carbocycles. The molecule has 0 fully saturated rings. The summed E-state index contributed by atoms with van der Waals surface area (Å²) < 4.78 is 2.76. The van der Waals surface area contributed by atoms with Crippen LogP contribution in [0.1, 0.15) is 17.5 Å². The van der Waals surface area contributed by atoms with Crippen LogP contribution in [-0.2, 0) is 0 Å². The summed E-state index contributed by atoms with van der Waals surface area (Å²) >= 11 is 8.93. The van der Waals surface area contributed by atoms with E-state index in [9.17, 15) is 10.4 Å². The van der Waals surface area contributed by atoms with E-state index < -0.39 is 5.25 Å². The molecule has 0 spiro atoms. The molecule has 0 aliphatic rings. The Morgan fingerprint density at radius 2 is 2.10 bits per heavy atom. The molecule has 0 aliphatic heterocycles. The highest BCUT2D eigenvalue weighted by atomic mass is 35.5. The molecule has 0 amide bonds. The molecule has 2 aromatic carbocycles. The summed E-state index contributed by atoms with van der Waals surface area (Å²) in [6.45, 7) is 3.75. The fourth-order valence-electron chi connectivity index (χ4n) is 2.82. The number of aliphatic hydroxyl groups excluding tert-OH is 1. The maximum atomic E-state index is 10.8. The SMILES string of the molecule is Cc1ccc(-n2cnnc2SC(C)/C(O)=C(\C#N)c2nc3ccccc3s2)cc1Cl. The Labute approximate surface area is 186 Å². The van der Waals surface area contributed by atoms with Crippen molar-refractivity contribution in [1.29, 1.82) is 5.26 Å². The van der Waals surface area contributed by atoms with Crippen LogP contribution >= 0.6 is 34.7 Å². The first-order valence-electron chi connectivity index (χ1n) is 9.00. The number of aliphatic hydroxyl groups is 1. The van der Waals surface area contributed by atoms with E-state index in [1.807, 2.05) is 56.3 Å². The number of para-hydroxylation sites is 1. The third-order valence-electron chi connectivity index (χ3n) is 4.49. The summed E-state index contributed by atoms with van der Waals surface area (Å²) in [5.41, 5.74) is 2.77. The van der Waals surface area contributed by atoms with Gasteiger partial charge < -0.3 is 5.11 Å². The highest BCUT2D eigenvalue weighted by Crippen LogP contribution is 2.33. The van der Waals surface area contributed by atoms with Gasteiger partial charge in [-0.1, -0.05) is 41.6 Å². The zero-order chi connectivity index (χ0) is 21.3. The second kappa shape index (κ2) is 8.48. The monoisotopic (exact) mass is 453 g/mol. The number of fused-ring (bicyclic) bond motifs is 1. The van der Waals surface area contributed by atoms with Crippen LogP contribution in [0.4, 0.5) is 0 Å². The second-order valence-electron chi connectivity index (χ2n) is 6.54. The van der Waals surface area contributed by atoms with Gasteiger partial charge in [0.1, 0.15) is 28.7 Å². The number of aryl methyl sites for hydroxylation is 1. The normalized spacial score (nSPS) is 13.1. The van der Waals surface area contributed by atoms with Crippen LogP contribution in [0.15, 0.2) is 59.7 Å². The minimum atomic E-state index is -0.435. The number of aromatic nitrogens is 4. The Morgan fingerprint density at radius 3 is 2.83 bits per heavy atom. The number of hydrogen-bond donors (Lipinski definition) is 1. The van der Waals surface area contributed by atoms with Crippen molar-refractivity contribution in [1.82, 2.24) is 19.7 Å².